The van der Waals surface area contributed by atoms with Gasteiger partial charge < -0.3 is 10.4 Å². The highest BCUT2D eigenvalue weighted by Gasteiger charge is 2.50. The molecule has 5 heteroatoms. The number of carbonyl (C=O) groups is 1. The van der Waals surface area contributed by atoms with Gasteiger partial charge in [0.05, 0.1) is 17.4 Å². The van der Waals surface area contributed by atoms with E-state index in [1.54, 1.807) is 0 Å². The zero-order valence-electron chi connectivity index (χ0n) is 7.92. The molecular weight excluding hydrogens is 204 g/mol. The summed E-state index contributed by atoms with van der Waals surface area (Å²) in [5.74, 6) is -4.89. The molecule has 1 aliphatic rings. The van der Waals surface area contributed by atoms with Crippen LogP contribution in [0.25, 0.3) is 0 Å². The lowest BCUT2D eigenvalue weighted by atomic mass is 9.99. The number of carbonyl (C=O) groups excluding carboxylic acids is 1. The second kappa shape index (κ2) is 3.00. The molecule has 0 bridgehead atoms. The van der Waals surface area contributed by atoms with Crippen LogP contribution in [-0.4, -0.2) is 11.0 Å². The van der Waals surface area contributed by atoms with E-state index in [-0.39, 0.29) is 11.3 Å². The van der Waals surface area contributed by atoms with Crippen LogP contribution in [0.2, 0.25) is 0 Å². The van der Waals surface area contributed by atoms with Crippen molar-refractivity contribution in [1.29, 1.82) is 0 Å². The van der Waals surface area contributed by atoms with E-state index in [2.05, 4.69) is 5.32 Å². The molecule has 0 radical (unpaired) electrons. The standard InChI is InChI=1S/C10H9F2NO2/c1-5(14)6-3-2-4-7-8(6)10(11,12)9(15)13-7/h2-5,14H,1H3,(H,13,15)/t5-/m1/s1. The normalized spacial score (nSPS) is 19.6. The van der Waals surface area contributed by atoms with Crippen LogP contribution in [0.5, 0.6) is 0 Å². The van der Waals surface area contributed by atoms with Crippen molar-refractivity contribution in [2.24, 2.45) is 0 Å². The smallest absolute Gasteiger partial charge is 0.352 e. The summed E-state index contributed by atoms with van der Waals surface area (Å²) in [4.78, 5) is 11.0. The minimum Gasteiger partial charge on any atom is -0.389 e. The Bertz CT molecular complexity index is 429. The molecule has 0 aliphatic carbocycles. The lowest BCUT2D eigenvalue weighted by molar-refractivity contribution is -0.139. The van der Waals surface area contributed by atoms with E-state index in [0.29, 0.717) is 0 Å². The van der Waals surface area contributed by atoms with Crippen molar-refractivity contribution in [3.63, 3.8) is 0 Å². The molecule has 0 saturated heterocycles. The average Bonchev–Trinajstić information content (AvgIpc) is 2.38. The lowest BCUT2D eigenvalue weighted by Crippen LogP contribution is -2.25. The van der Waals surface area contributed by atoms with Gasteiger partial charge in [-0.05, 0) is 18.6 Å². The molecule has 0 aromatic heterocycles. The van der Waals surface area contributed by atoms with Gasteiger partial charge in [0, 0.05) is 0 Å². The van der Waals surface area contributed by atoms with Gasteiger partial charge in [-0.15, -0.1) is 0 Å². The third-order valence-electron chi connectivity index (χ3n) is 2.39. The molecule has 15 heavy (non-hydrogen) atoms. The number of fused-ring (bicyclic) bond motifs is 1. The topological polar surface area (TPSA) is 49.3 Å². The average molecular weight is 213 g/mol. The fourth-order valence-corrected chi connectivity index (χ4v) is 1.69. The monoisotopic (exact) mass is 213 g/mol. The van der Waals surface area contributed by atoms with Crippen molar-refractivity contribution in [3.8, 4) is 0 Å². The number of benzene rings is 1. The van der Waals surface area contributed by atoms with Gasteiger partial charge in [0.1, 0.15) is 0 Å². The highest BCUT2D eigenvalue weighted by atomic mass is 19.3. The Kier molecular flexibility index (Phi) is 2.01. The van der Waals surface area contributed by atoms with Gasteiger partial charge in [-0.1, -0.05) is 12.1 Å². The van der Waals surface area contributed by atoms with Gasteiger partial charge in [-0.25, -0.2) is 0 Å². The van der Waals surface area contributed by atoms with Crippen LogP contribution in [0.1, 0.15) is 24.2 Å². The van der Waals surface area contributed by atoms with Crippen molar-refractivity contribution in [2.45, 2.75) is 19.0 Å². The third-order valence-corrected chi connectivity index (χ3v) is 2.39. The molecule has 0 saturated carbocycles. The highest BCUT2D eigenvalue weighted by Crippen LogP contribution is 2.43. The van der Waals surface area contributed by atoms with E-state index in [0.717, 1.165) is 0 Å². The van der Waals surface area contributed by atoms with Crippen molar-refractivity contribution < 1.29 is 18.7 Å². The Balaban J connectivity index is 2.67. The highest BCUT2D eigenvalue weighted by molar-refractivity contribution is 6.04. The molecule has 2 rings (SSSR count). The maximum absolute atomic E-state index is 13.4. The summed E-state index contributed by atoms with van der Waals surface area (Å²) in [5.41, 5.74) is -0.260. The summed E-state index contributed by atoms with van der Waals surface area (Å²) in [7, 11) is 0. The molecule has 0 fully saturated rings. The Labute approximate surface area is 84.7 Å². The first-order valence-corrected chi connectivity index (χ1v) is 4.45. The molecule has 1 amide bonds. The first-order chi connectivity index (χ1) is 6.94. The number of nitrogens with one attached hydrogen (secondary N) is 1. The van der Waals surface area contributed by atoms with Crippen LogP contribution in [0.4, 0.5) is 14.5 Å². The number of hydrogen-bond donors (Lipinski definition) is 2. The fourth-order valence-electron chi connectivity index (χ4n) is 1.69. The predicted octanol–water partition coefficient (Wildman–Crippen LogP) is 1.78. The third kappa shape index (κ3) is 1.31. The molecule has 80 valence electrons. The van der Waals surface area contributed by atoms with E-state index in [4.69, 9.17) is 0 Å². The number of amides is 1. The summed E-state index contributed by atoms with van der Waals surface area (Å²) in [6.07, 6.45) is -1.03. The van der Waals surface area contributed by atoms with E-state index in [1.807, 2.05) is 0 Å². The summed E-state index contributed by atoms with van der Waals surface area (Å²) in [6, 6.07) is 4.29. The van der Waals surface area contributed by atoms with Gasteiger partial charge in [0.15, 0.2) is 0 Å². The lowest BCUT2D eigenvalue weighted by Gasteiger charge is -2.13. The number of alkyl halides is 2. The molecule has 3 nitrogen and oxygen atoms in total. The summed E-state index contributed by atoms with van der Waals surface area (Å²) < 4.78 is 26.9. The Morgan fingerprint density at radius 1 is 1.47 bits per heavy atom. The maximum atomic E-state index is 13.4. The number of rotatable bonds is 1. The van der Waals surface area contributed by atoms with E-state index in [9.17, 15) is 18.7 Å². The van der Waals surface area contributed by atoms with Gasteiger partial charge in [-0.3, -0.25) is 4.79 Å². The molecule has 0 spiro atoms. The number of aliphatic hydroxyl groups excluding tert-OH is 1. The van der Waals surface area contributed by atoms with Gasteiger partial charge in [0.25, 0.3) is 5.91 Å². The number of anilines is 1. The summed E-state index contributed by atoms with van der Waals surface area (Å²) in [6.45, 7) is 1.38. The first kappa shape index (κ1) is 10.0. The number of hydrogen-bond acceptors (Lipinski definition) is 2. The second-order valence-electron chi connectivity index (χ2n) is 3.47. The van der Waals surface area contributed by atoms with E-state index < -0.39 is 23.5 Å². The van der Waals surface area contributed by atoms with Gasteiger partial charge in [0.2, 0.25) is 0 Å². The molecule has 2 N–H and O–H groups in total. The van der Waals surface area contributed by atoms with Crippen LogP contribution >= 0.6 is 0 Å². The Morgan fingerprint density at radius 2 is 2.13 bits per heavy atom. The zero-order chi connectivity index (χ0) is 11.2. The molecule has 1 atom stereocenters. The largest absolute Gasteiger partial charge is 0.389 e. The Morgan fingerprint density at radius 3 is 2.73 bits per heavy atom. The van der Waals surface area contributed by atoms with Crippen molar-refractivity contribution in [2.75, 3.05) is 5.32 Å². The first-order valence-electron chi connectivity index (χ1n) is 4.45. The maximum Gasteiger partial charge on any atom is 0.352 e. The molecule has 1 aromatic rings. The SMILES string of the molecule is C[C@@H](O)c1cccc2c1C(F)(F)C(=O)N2. The molecule has 0 unspecified atom stereocenters. The van der Waals surface area contributed by atoms with E-state index in [1.165, 1.54) is 25.1 Å². The minimum absolute atomic E-state index is 0.0726. The quantitative estimate of drug-likeness (QED) is 0.747. The van der Waals surface area contributed by atoms with Crippen molar-refractivity contribution >= 4 is 11.6 Å². The van der Waals surface area contributed by atoms with Crippen molar-refractivity contribution in [3.05, 3.63) is 29.3 Å². The fraction of sp³-hybridized carbons (Fsp3) is 0.300. The molecular formula is C10H9F2NO2. The van der Waals surface area contributed by atoms with Crippen LogP contribution in [0.3, 0.4) is 0 Å². The van der Waals surface area contributed by atoms with E-state index >= 15 is 0 Å². The van der Waals surface area contributed by atoms with Gasteiger partial charge in [-0.2, -0.15) is 8.78 Å². The molecule has 1 heterocycles. The van der Waals surface area contributed by atoms with Crippen LogP contribution in [0, 0.1) is 0 Å². The summed E-state index contributed by atoms with van der Waals surface area (Å²) >= 11 is 0. The predicted molar refractivity (Wildman–Crippen MR) is 49.6 cm³/mol. The summed E-state index contributed by atoms with van der Waals surface area (Å²) in [5, 5.41) is 11.4. The zero-order valence-corrected chi connectivity index (χ0v) is 7.92. The number of aliphatic hydroxyl groups is 1. The minimum atomic E-state index is -3.55. The molecule has 1 aliphatic heterocycles. The van der Waals surface area contributed by atoms with Crippen LogP contribution < -0.4 is 5.32 Å². The Hall–Kier alpha value is -1.49. The second-order valence-corrected chi connectivity index (χ2v) is 3.47. The van der Waals surface area contributed by atoms with Crippen LogP contribution in [0.15, 0.2) is 18.2 Å². The van der Waals surface area contributed by atoms with Crippen molar-refractivity contribution in [1.82, 2.24) is 0 Å². The molecule has 1 aromatic carbocycles. The number of halogens is 2. The van der Waals surface area contributed by atoms with Crippen LogP contribution in [-0.2, 0) is 10.7 Å². The van der Waals surface area contributed by atoms with Gasteiger partial charge >= 0.3 is 5.92 Å².